The van der Waals surface area contributed by atoms with E-state index in [1.165, 1.54) is 28.9 Å². The molecular formula is C24H26N2O3S. The lowest BCUT2D eigenvalue weighted by atomic mass is 9.92. The summed E-state index contributed by atoms with van der Waals surface area (Å²) in [4.78, 5) is 28.6. The number of hydrogen-bond donors (Lipinski definition) is 2. The van der Waals surface area contributed by atoms with Crippen LogP contribution in [0.4, 0.5) is 0 Å². The zero-order valence-electron chi connectivity index (χ0n) is 17.4. The van der Waals surface area contributed by atoms with Crippen molar-refractivity contribution in [1.82, 2.24) is 9.45 Å². The SMILES string of the molecule is CC(=O)ONS.CCn1c2ccccc2c2cc(C(=O)C3=C(C)CCC=C3)ccc21. The van der Waals surface area contributed by atoms with Gasteiger partial charge in [-0.3, -0.25) is 9.59 Å². The predicted octanol–water partition coefficient (Wildman–Crippen LogP) is 5.56. The Morgan fingerprint density at radius 1 is 1.13 bits per heavy atom. The topological polar surface area (TPSA) is 60.3 Å². The number of rotatable bonds is 4. The number of Topliss-reactive ketones (excluding diaryl/α,β-unsaturated/α-hetero) is 1. The lowest BCUT2D eigenvalue weighted by molar-refractivity contribution is -0.143. The minimum atomic E-state index is -0.398. The highest BCUT2D eigenvalue weighted by atomic mass is 32.1. The summed E-state index contributed by atoms with van der Waals surface area (Å²) >= 11 is 3.37. The van der Waals surface area contributed by atoms with Crippen molar-refractivity contribution in [3.63, 3.8) is 0 Å². The molecule has 0 aliphatic heterocycles. The van der Waals surface area contributed by atoms with Gasteiger partial charge in [0.05, 0.1) is 0 Å². The number of allylic oxidation sites excluding steroid dienone is 4. The van der Waals surface area contributed by atoms with Gasteiger partial charge in [-0.2, -0.15) is 0 Å². The van der Waals surface area contributed by atoms with Gasteiger partial charge < -0.3 is 9.40 Å². The highest BCUT2D eigenvalue weighted by molar-refractivity contribution is 7.77. The zero-order valence-corrected chi connectivity index (χ0v) is 18.3. The van der Waals surface area contributed by atoms with Crippen LogP contribution in [0.1, 0.15) is 44.0 Å². The van der Waals surface area contributed by atoms with Crippen LogP contribution in [0.3, 0.4) is 0 Å². The van der Waals surface area contributed by atoms with Crippen LogP contribution in [0.15, 0.2) is 65.8 Å². The highest BCUT2D eigenvalue weighted by Crippen LogP contribution is 2.31. The fourth-order valence-electron chi connectivity index (χ4n) is 3.80. The molecule has 1 aromatic heterocycles. The van der Waals surface area contributed by atoms with Gasteiger partial charge in [-0.15, -0.1) is 0 Å². The van der Waals surface area contributed by atoms with Crippen LogP contribution in [-0.2, 0) is 16.2 Å². The molecule has 0 amide bonds. The minimum Gasteiger partial charge on any atom is -0.361 e. The molecule has 0 saturated carbocycles. The molecule has 0 spiro atoms. The number of hydrogen-bond acceptors (Lipinski definition) is 5. The van der Waals surface area contributed by atoms with Crippen LogP contribution in [-0.4, -0.2) is 16.3 Å². The summed E-state index contributed by atoms with van der Waals surface area (Å²) in [6.07, 6.45) is 6.10. The Balaban J connectivity index is 0.000000377. The number of carbonyl (C=O) groups is 2. The van der Waals surface area contributed by atoms with E-state index in [1.807, 2.05) is 17.0 Å². The van der Waals surface area contributed by atoms with Crippen molar-refractivity contribution in [3.8, 4) is 0 Å². The van der Waals surface area contributed by atoms with E-state index in [9.17, 15) is 9.59 Å². The molecule has 1 aliphatic rings. The number of nitrogens with one attached hydrogen (secondary N) is 1. The van der Waals surface area contributed by atoms with Gasteiger partial charge in [0, 0.05) is 46.4 Å². The lowest BCUT2D eigenvalue weighted by Crippen LogP contribution is -2.06. The molecule has 0 saturated heterocycles. The van der Waals surface area contributed by atoms with Crippen LogP contribution in [0.5, 0.6) is 0 Å². The van der Waals surface area contributed by atoms with E-state index in [4.69, 9.17) is 0 Å². The number of aryl methyl sites for hydroxylation is 1. The smallest absolute Gasteiger partial charge is 0.322 e. The second-order valence-corrected chi connectivity index (χ2v) is 7.33. The van der Waals surface area contributed by atoms with Crippen LogP contribution in [0, 0.1) is 0 Å². The first-order valence-corrected chi connectivity index (χ1v) is 10.4. The summed E-state index contributed by atoms with van der Waals surface area (Å²) in [5.41, 5.74) is 5.26. The average Bonchev–Trinajstić information content (AvgIpc) is 3.07. The molecule has 4 rings (SSSR count). The number of carbonyl (C=O) groups excluding carboxylic acids is 2. The van der Waals surface area contributed by atoms with Crippen LogP contribution in [0.2, 0.25) is 0 Å². The molecule has 1 heterocycles. The highest BCUT2D eigenvalue weighted by Gasteiger charge is 2.17. The number of fused-ring (bicyclic) bond motifs is 3. The molecule has 0 atom stereocenters. The fourth-order valence-corrected chi connectivity index (χ4v) is 3.93. The van der Waals surface area contributed by atoms with Gasteiger partial charge in [0.25, 0.3) is 0 Å². The fraction of sp³-hybridized carbons (Fsp3) is 0.250. The average molecular weight is 423 g/mol. The zero-order chi connectivity index (χ0) is 21.7. The first-order valence-electron chi connectivity index (χ1n) is 9.96. The van der Waals surface area contributed by atoms with Crippen LogP contribution >= 0.6 is 12.8 Å². The molecule has 2 aromatic carbocycles. The number of aromatic nitrogens is 1. The summed E-state index contributed by atoms with van der Waals surface area (Å²) in [7, 11) is 0. The van der Waals surface area contributed by atoms with E-state index in [-0.39, 0.29) is 5.78 Å². The molecule has 0 radical (unpaired) electrons. The van der Waals surface area contributed by atoms with Crippen molar-refractivity contribution < 1.29 is 14.4 Å². The van der Waals surface area contributed by atoms with E-state index in [0.717, 1.165) is 35.9 Å². The van der Waals surface area contributed by atoms with E-state index in [1.54, 1.807) is 0 Å². The number of ketones is 1. The maximum absolute atomic E-state index is 13.0. The summed E-state index contributed by atoms with van der Waals surface area (Å²) in [5, 5.41) is 2.38. The first kappa shape index (κ1) is 21.9. The van der Waals surface area contributed by atoms with Gasteiger partial charge in [0.15, 0.2) is 5.78 Å². The third-order valence-corrected chi connectivity index (χ3v) is 5.31. The number of thiol groups is 1. The molecule has 1 aliphatic carbocycles. The monoisotopic (exact) mass is 422 g/mol. The Morgan fingerprint density at radius 2 is 1.87 bits per heavy atom. The number of para-hydroxylation sites is 1. The Labute approximate surface area is 181 Å². The molecule has 1 N–H and O–H groups in total. The molecule has 5 nitrogen and oxygen atoms in total. The molecule has 3 aromatic rings. The molecule has 30 heavy (non-hydrogen) atoms. The minimum absolute atomic E-state index is 0.138. The van der Waals surface area contributed by atoms with Gasteiger partial charge in [0.1, 0.15) is 0 Å². The third-order valence-electron chi connectivity index (χ3n) is 5.22. The lowest BCUT2D eigenvalue weighted by Gasteiger charge is -2.11. The van der Waals surface area contributed by atoms with E-state index in [2.05, 4.69) is 78.5 Å². The van der Waals surface area contributed by atoms with Gasteiger partial charge >= 0.3 is 5.97 Å². The maximum atomic E-state index is 13.0. The predicted molar refractivity (Wildman–Crippen MR) is 124 cm³/mol. The second-order valence-electron chi connectivity index (χ2n) is 7.14. The Morgan fingerprint density at radius 3 is 2.50 bits per heavy atom. The van der Waals surface area contributed by atoms with Crippen LogP contribution in [0.25, 0.3) is 21.8 Å². The number of nitrogens with zero attached hydrogens (tertiary/aromatic N) is 1. The van der Waals surface area contributed by atoms with Crippen molar-refractivity contribution in [1.29, 1.82) is 0 Å². The van der Waals surface area contributed by atoms with Gasteiger partial charge in [-0.1, -0.05) is 53.6 Å². The molecular weight excluding hydrogens is 396 g/mol. The summed E-state index contributed by atoms with van der Waals surface area (Å²) < 4.78 is 2.31. The van der Waals surface area contributed by atoms with Crippen molar-refractivity contribution in [2.75, 3.05) is 0 Å². The molecule has 0 fully saturated rings. The van der Waals surface area contributed by atoms with Crippen molar-refractivity contribution in [2.45, 2.75) is 40.2 Å². The van der Waals surface area contributed by atoms with Crippen LogP contribution < -0.4 is 4.89 Å². The quantitative estimate of drug-likeness (QED) is 0.328. The standard InChI is InChI=1S/C22H21NO.C2H5NO2S/c1-3-23-20-11-7-6-10-18(20)19-14-16(12-13-21(19)23)22(24)17-9-5-4-8-15(17)2;1-2(4)5-3-6/h5-7,9-14H,3-4,8H2,1-2H3;3,6H,1H3. The van der Waals surface area contributed by atoms with Gasteiger partial charge in [-0.05, 0) is 51.0 Å². The van der Waals surface area contributed by atoms with E-state index >= 15 is 0 Å². The van der Waals surface area contributed by atoms with Gasteiger partial charge in [0.2, 0.25) is 0 Å². The first-order chi connectivity index (χ1) is 14.5. The number of benzene rings is 2. The van der Waals surface area contributed by atoms with E-state index < -0.39 is 5.97 Å². The molecule has 156 valence electrons. The molecule has 0 unspecified atom stereocenters. The maximum Gasteiger partial charge on any atom is 0.322 e. The third kappa shape index (κ3) is 4.50. The van der Waals surface area contributed by atoms with Crippen molar-refractivity contribution in [3.05, 3.63) is 71.3 Å². The summed E-state index contributed by atoms with van der Waals surface area (Å²) in [6.45, 7) is 6.43. The second kappa shape index (κ2) is 9.78. The Bertz CT molecular complexity index is 1160. The normalized spacial score (nSPS) is 13.3. The Kier molecular flexibility index (Phi) is 7.13. The summed E-state index contributed by atoms with van der Waals surface area (Å²) in [6, 6.07) is 14.6. The Hall–Kier alpha value is -2.83. The molecule has 0 bridgehead atoms. The molecule has 6 heteroatoms. The van der Waals surface area contributed by atoms with Crippen molar-refractivity contribution in [2.24, 2.45) is 0 Å². The summed E-state index contributed by atoms with van der Waals surface area (Å²) in [5.74, 6) is -0.260. The van der Waals surface area contributed by atoms with E-state index in [0.29, 0.717) is 0 Å². The van der Waals surface area contributed by atoms with Crippen molar-refractivity contribution >= 4 is 46.4 Å². The van der Waals surface area contributed by atoms with Gasteiger partial charge in [-0.25, -0.2) is 0 Å². The largest absolute Gasteiger partial charge is 0.361 e.